The van der Waals surface area contributed by atoms with E-state index in [-0.39, 0.29) is 0 Å². The van der Waals surface area contributed by atoms with Gasteiger partial charge in [0.1, 0.15) is 4.75 Å². The number of fused-ring (bicyclic) bond motifs is 1. The van der Waals surface area contributed by atoms with Crippen LogP contribution < -0.4 is 5.14 Å². The van der Waals surface area contributed by atoms with Crippen molar-refractivity contribution in [2.24, 2.45) is 5.14 Å². The van der Waals surface area contributed by atoms with Crippen molar-refractivity contribution in [3.05, 3.63) is 47.5 Å². The molecule has 0 radical (unpaired) electrons. The van der Waals surface area contributed by atoms with Crippen molar-refractivity contribution >= 4 is 20.8 Å². The van der Waals surface area contributed by atoms with Gasteiger partial charge in [-0.15, -0.1) is 0 Å². The van der Waals surface area contributed by atoms with E-state index in [0.717, 1.165) is 28.3 Å². The van der Waals surface area contributed by atoms with Crippen LogP contribution in [0.3, 0.4) is 0 Å². The molecule has 3 rings (SSSR count). The van der Waals surface area contributed by atoms with E-state index in [1.165, 1.54) is 0 Å². The molecule has 0 aromatic heterocycles. The molecule has 1 aliphatic rings. The van der Waals surface area contributed by atoms with E-state index in [0.29, 0.717) is 12.8 Å². The topological polar surface area (TPSA) is 60.2 Å². The van der Waals surface area contributed by atoms with Crippen LogP contribution in [0.4, 0.5) is 0 Å². The molecule has 0 bridgehead atoms. The summed E-state index contributed by atoms with van der Waals surface area (Å²) in [6.07, 6.45) is 2.16. The fraction of sp³-hybridized carbons (Fsp3) is 0.333. The van der Waals surface area contributed by atoms with Gasteiger partial charge in [-0.2, -0.15) is 0 Å². The van der Waals surface area contributed by atoms with Crippen molar-refractivity contribution in [2.75, 3.05) is 0 Å². The molecule has 19 heavy (non-hydrogen) atoms. The number of sulfonamides is 1. The van der Waals surface area contributed by atoms with Crippen molar-refractivity contribution < 1.29 is 8.42 Å². The second-order valence-electron chi connectivity index (χ2n) is 5.43. The first-order valence-electron chi connectivity index (χ1n) is 6.46. The molecule has 4 heteroatoms. The smallest absolute Gasteiger partial charge is 0.219 e. The first-order valence-corrected chi connectivity index (χ1v) is 8.01. The molecule has 0 amide bonds. The Balaban J connectivity index is 2.36. The Morgan fingerprint density at radius 3 is 2.42 bits per heavy atom. The molecular weight excluding hydrogens is 258 g/mol. The van der Waals surface area contributed by atoms with Crippen molar-refractivity contribution in [1.82, 2.24) is 0 Å². The Labute approximate surface area is 113 Å². The summed E-state index contributed by atoms with van der Waals surface area (Å²) in [7, 11) is -3.59. The molecule has 0 heterocycles. The van der Waals surface area contributed by atoms with Gasteiger partial charge in [-0.1, -0.05) is 42.0 Å². The lowest BCUT2D eigenvalue weighted by Gasteiger charge is -2.40. The molecule has 1 aliphatic carbocycles. The lowest BCUT2D eigenvalue weighted by atomic mass is 9.76. The van der Waals surface area contributed by atoms with Crippen LogP contribution >= 0.6 is 0 Å². The van der Waals surface area contributed by atoms with Crippen LogP contribution in [0, 0.1) is 6.92 Å². The highest BCUT2D eigenvalue weighted by Gasteiger charge is 2.49. The summed E-state index contributed by atoms with van der Waals surface area (Å²) < 4.78 is 23.3. The molecule has 0 aliphatic heterocycles. The number of benzene rings is 2. The first kappa shape index (κ1) is 12.6. The van der Waals surface area contributed by atoms with Gasteiger partial charge in [0.25, 0.3) is 0 Å². The van der Waals surface area contributed by atoms with E-state index in [1.54, 1.807) is 0 Å². The largest absolute Gasteiger partial charge is 0.228 e. The third-order valence-corrected chi connectivity index (χ3v) is 5.92. The third-order valence-electron chi connectivity index (χ3n) is 4.20. The van der Waals surface area contributed by atoms with E-state index in [4.69, 9.17) is 5.14 Å². The predicted octanol–water partition coefficient (Wildman–Crippen LogP) is 2.82. The summed E-state index contributed by atoms with van der Waals surface area (Å²) >= 11 is 0. The molecule has 2 N–H and O–H groups in total. The Hall–Kier alpha value is -1.39. The van der Waals surface area contributed by atoms with E-state index >= 15 is 0 Å². The van der Waals surface area contributed by atoms with Gasteiger partial charge in [0.15, 0.2) is 0 Å². The summed E-state index contributed by atoms with van der Waals surface area (Å²) in [6, 6.07) is 12.0. The average molecular weight is 275 g/mol. The molecule has 3 nitrogen and oxygen atoms in total. The van der Waals surface area contributed by atoms with Gasteiger partial charge in [-0.25, -0.2) is 13.6 Å². The van der Waals surface area contributed by atoms with Gasteiger partial charge in [0, 0.05) is 0 Å². The third kappa shape index (κ3) is 1.78. The van der Waals surface area contributed by atoms with Gasteiger partial charge in [0.2, 0.25) is 10.0 Å². The second kappa shape index (κ2) is 4.05. The number of hydrogen-bond acceptors (Lipinski definition) is 2. The maximum absolute atomic E-state index is 12.1. The maximum atomic E-state index is 12.1. The molecule has 1 saturated carbocycles. The summed E-state index contributed by atoms with van der Waals surface area (Å²) in [4.78, 5) is 0. The molecule has 0 atom stereocenters. The molecular formula is C15H17NO2S. The quantitative estimate of drug-likeness (QED) is 0.916. The minimum Gasteiger partial charge on any atom is -0.228 e. The van der Waals surface area contributed by atoms with Gasteiger partial charge in [-0.3, -0.25) is 0 Å². The summed E-state index contributed by atoms with van der Waals surface area (Å²) in [6.45, 7) is 1.99. The van der Waals surface area contributed by atoms with Gasteiger partial charge < -0.3 is 0 Å². The van der Waals surface area contributed by atoms with Crippen LogP contribution in [0.2, 0.25) is 0 Å². The molecule has 100 valence electrons. The molecule has 0 unspecified atom stereocenters. The number of primary sulfonamides is 1. The lowest BCUT2D eigenvalue weighted by Crippen LogP contribution is -2.46. The van der Waals surface area contributed by atoms with Crippen LogP contribution in [0.15, 0.2) is 36.4 Å². The predicted molar refractivity (Wildman–Crippen MR) is 77.3 cm³/mol. The SMILES string of the molecule is Cc1cc(C2(S(N)(=O)=O)CCC2)c2ccccc2c1. The number of aryl methyl sites for hydroxylation is 1. The monoisotopic (exact) mass is 275 g/mol. The van der Waals surface area contributed by atoms with Crippen molar-refractivity contribution in [3.8, 4) is 0 Å². The van der Waals surface area contributed by atoms with Crippen molar-refractivity contribution in [2.45, 2.75) is 30.9 Å². The van der Waals surface area contributed by atoms with Gasteiger partial charge in [-0.05, 0) is 42.5 Å². The number of hydrogen-bond donors (Lipinski definition) is 1. The number of nitrogens with two attached hydrogens (primary N) is 1. The Kier molecular flexibility index (Phi) is 2.69. The standard InChI is InChI=1S/C15H17NO2S/c1-11-9-12-5-2-3-6-13(12)14(10-11)15(7-4-8-15)19(16,17)18/h2-3,5-6,9-10H,4,7-8H2,1H3,(H2,16,17,18). The van der Waals surface area contributed by atoms with E-state index < -0.39 is 14.8 Å². The van der Waals surface area contributed by atoms with E-state index in [2.05, 4.69) is 6.07 Å². The highest BCUT2D eigenvalue weighted by Crippen LogP contribution is 2.49. The molecule has 2 aromatic carbocycles. The lowest BCUT2D eigenvalue weighted by molar-refractivity contribution is 0.347. The maximum Gasteiger partial charge on any atom is 0.219 e. The summed E-state index contributed by atoms with van der Waals surface area (Å²) in [5.41, 5.74) is 1.94. The highest BCUT2D eigenvalue weighted by atomic mass is 32.2. The zero-order valence-corrected chi connectivity index (χ0v) is 11.7. The minimum atomic E-state index is -3.59. The Morgan fingerprint density at radius 1 is 1.16 bits per heavy atom. The van der Waals surface area contributed by atoms with Crippen molar-refractivity contribution in [1.29, 1.82) is 0 Å². The second-order valence-corrected chi connectivity index (χ2v) is 7.30. The highest BCUT2D eigenvalue weighted by molar-refractivity contribution is 7.90. The van der Waals surface area contributed by atoms with E-state index in [9.17, 15) is 8.42 Å². The fourth-order valence-corrected chi connectivity index (χ4v) is 4.38. The zero-order chi connectivity index (χ0) is 13.7. The van der Waals surface area contributed by atoms with E-state index in [1.807, 2.05) is 37.3 Å². The molecule has 0 spiro atoms. The minimum absolute atomic E-state index is 0.624. The molecule has 2 aromatic rings. The summed E-state index contributed by atoms with van der Waals surface area (Å²) in [5, 5.41) is 7.60. The van der Waals surface area contributed by atoms with Gasteiger partial charge >= 0.3 is 0 Å². The van der Waals surface area contributed by atoms with Crippen LogP contribution in [-0.2, 0) is 14.8 Å². The van der Waals surface area contributed by atoms with Crippen LogP contribution in [0.1, 0.15) is 30.4 Å². The summed E-state index contributed by atoms with van der Waals surface area (Å²) in [5.74, 6) is 0. The Morgan fingerprint density at radius 2 is 1.84 bits per heavy atom. The van der Waals surface area contributed by atoms with Crippen LogP contribution in [0.5, 0.6) is 0 Å². The van der Waals surface area contributed by atoms with Gasteiger partial charge in [0.05, 0.1) is 0 Å². The molecule has 0 saturated heterocycles. The van der Waals surface area contributed by atoms with Crippen LogP contribution in [0.25, 0.3) is 10.8 Å². The van der Waals surface area contributed by atoms with Crippen molar-refractivity contribution in [3.63, 3.8) is 0 Å². The normalized spacial score (nSPS) is 18.2. The molecule has 1 fully saturated rings. The first-order chi connectivity index (χ1) is 8.94. The number of rotatable bonds is 2. The zero-order valence-electron chi connectivity index (χ0n) is 10.9. The average Bonchev–Trinajstić information content (AvgIpc) is 2.25. The fourth-order valence-electron chi connectivity index (χ4n) is 3.04. The van der Waals surface area contributed by atoms with Crippen LogP contribution in [-0.4, -0.2) is 8.42 Å². The Bertz CT molecular complexity index is 746.